The van der Waals surface area contributed by atoms with E-state index in [0.29, 0.717) is 16.4 Å². The molecule has 4 rings (SSSR count). The third-order valence-corrected chi connectivity index (χ3v) is 4.83. The van der Waals surface area contributed by atoms with Crippen LogP contribution in [0.25, 0.3) is 11.8 Å². The van der Waals surface area contributed by atoms with Gasteiger partial charge in [0, 0.05) is 22.6 Å². The van der Waals surface area contributed by atoms with E-state index in [1.165, 1.54) is 4.90 Å². The first-order chi connectivity index (χ1) is 13.5. The Hall–Kier alpha value is -3.22. The molecule has 1 aliphatic heterocycles. The first-order valence-corrected chi connectivity index (χ1v) is 9.23. The summed E-state index contributed by atoms with van der Waals surface area (Å²) in [6.07, 6.45) is 3.43. The second-order valence-corrected chi connectivity index (χ2v) is 6.90. The van der Waals surface area contributed by atoms with Crippen molar-refractivity contribution in [2.45, 2.75) is 0 Å². The smallest absolute Gasteiger partial charge is 0.270 e. The monoisotopic (exact) mass is 407 g/mol. The zero-order chi connectivity index (χ0) is 19.7. The Balaban J connectivity index is 1.74. The summed E-state index contributed by atoms with van der Waals surface area (Å²) in [6.45, 7) is 0. The molecule has 5 nitrogen and oxygen atoms in total. The fourth-order valence-corrected chi connectivity index (χ4v) is 3.37. The highest BCUT2D eigenvalue weighted by Crippen LogP contribution is 2.24. The topological polar surface area (TPSA) is 54.3 Å². The van der Waals surface area contributed by atoms with Crippen LogP contribution in [0.4, 0.5) is 5.69 Å². The van der Waals surface area contributed by atoms with Crippen LogP contribution in [0.5, 0.6) is 0 Å². The lowest BCUT2D eigenvalue weighted by atomic mass is 10.1. The van der Waals surface area contributed by atoms with Crippen LogP contribution < -0.4 is 10.2 Å². The fraction of sp³-hybridized carbons (Fsp3) is 0. The zero-order valence-electron chi connectivity index (χ0n) is 14.5. The Morgan fingerprint density at radius 2 is 1.61 bits per heavy atom. The fourth-order valence-electron chi connectivity index (χ4n) is 2.97. The molecule has 3 aromatic rings. The number of hydrogen-bond donors (Lipinski definition) is 1. The number of carbonyl (C=O) groups is 2. The Kier molecular flexibility index (Phi) is 4.81. The van der Waals surface area contributed by atoms with Crippen LogP contribution in [0.2, 0.25) is 5.02 Å². The molecule has 28 heavy (non-hydrogen) atoms. The predicted molar refractivity (Wildman–Crippen MR) is 113 cm³/mol. The Bertz CT molecular complexity index is 1100. The van der Waals surface area contributed by atoms with E-state index in [9.17, 15) is 9.59 Å². The first-order valence-electron chi connectivity index (χ1n) is 8.44. The van der Waals surface area contributed by atoms with Crippen molar-refractivity contribution < 1.29 is 9.59 Å². The Morgan fingerprint density at radius 3 is 2.32 bits per heavy atom. The maximum atomic E-state index is 13.1. The lowest BCUT2D eigenvalue weighted by Gasteiger charge is -2.29. The Labute approximate surface area is 171 Å². The van der Waals surface area contributed by atoms with Crippen molar-refractivity contribution in [2.24, 2.45) is 0 Å². The molecule has 0 spiro atoms. The molecule has 2 heterocycles. The lowest BCUT2D eigenvalue weighted by molar-refractivity contribution is -0.122. The molecule has 0 unspecified atom stereocenters. The van der Waals surface area contributed by atoms with E-state index < -0.39 is 11.8 Å². The molecular formula is C21H14ClN3O2S. The number of anilines is 1. The van der Waals surface area contributed by atoms with Gasteiger partial charge in [-0.2, -0.15) is 0 Å². The van der Waals surface area contributed by atoms with Crippen molar-refractivity contribution in [3.05, 3.63) is 89.2 Å². The van der Waals surface area contributed by atoms with Gasteiger partial charge in [-0.1, -0.05) is 29.8 Å². The van der Waals surface area contributed by atoms with Gasteiger partial charge in [0.15, 0.2) is 5.11 Å². The molecule has 1 N–H and O–H groups in total. The summed E-state index contributed by atoms with van der Waals surface area (Å²) in [5.41, 5.74) is 2.16. The molecule has 1 aromatic heterocycles. The van der Waals surface area contributed by atoms with Gasteiger partial charge in [0.05, 0.1) is 5.69 Å². The highest BCUT2D eigenvalue weighted by Gasteiger charge is 2.34. The molecule has 0 bridgehead atoms. The number of carbonyl (C=O) groups excluding carboxylic acids is 2. The second-order valence-electron chi connectivity index (χ2n) is 6.07. The average Bonchev–Trinajstić information content (AvgIpc) is 3.15. The van der Waals surface area contributed by atoms with E-state index in [-0.39, 0.29) is 10.7 Å². The highest BCUT2D eigenvalue weighted by molar-refractivity contribution is 7.80. The normalized spacial score (nSPS) is 15.8. The van der Waals surface area contributed by atoms with Gasteiger partial charge in [-0.05, 0) is 66.8 Å². The summed E-state index contributed by atoms with van der Waals surface area (Å²) < 4.78 is 1.90. The second kappa shape index (κ2) is 7.42. The van der Waals surface area contributed by atoms with Crippen molar-refractivity contribution in [2.75, 3.05) is 4.90 Å². The van der Waals surface area contributed by atoms with Crippen molar-refractivity contribution in [1.29, 1.82) is 0 Å². The van der Waals surface area contributed by atoms with Gasteiger partial charge in [-0.25, -0.2) is 0 Å². The molecule has 0 aliphatic carbocycles. The van der Waals surface area contributed by atoms with E-state index in [2.05, 4.69) is 5.32 Å². The predicted octanol–water partition coefficient (Wildman–Crippen LogP) is 3.96. The number of aromatic nitrogens is 1. The summed E-state index contributed by atoms with van der Waals surface area (Å²) in [4.78, 5) is 26.8. The van der Waals surface area contributed by atoms with E-state index >= 15 is 0 Å². The van der Waals surface area contributed by atoms with E-state index in [1.54, 1.807) is 30.3 Å². The van der Waals surface area contributed by atoms with Gasteiger partial charge in [0.25, 0.3) is 11.8 Å². The van der Waals surface area contributed by atoms with E-state index in [1.807, 2.05) is 53.2 Å². The summed E-state index contributed by atoms with van der Waals surface area (Å²) in [6, 6.07) is 20.0. The largest absolute Gasteiger partial charge is 0.317 e. The number of amides is 2. The third-order valence-electron chi connectivity index (χ3n) is 4.29. The molecule has 0 atom stereocenters. The quantitative estimate of drug-likeness (QED) is 0.406. The number of halogens is 1. The van der Waals surface area contributed by atoms with Crippen LogP contribution >= 0.6 is 23.8 Å². The van der Waals surface area contributed by atoms with Crippen LogP contribution in [0.15, 0.2) is 78.5 Å². The van der Waals surface area contributed by atoms with Gasteiger partial charge in [0.2, 0.25) is 0 Å². The number of hydrogen-bond acceptors (Lipinski definition) is 3. The number of benzene rings is 2. The minimum absolute atomic E-state index is 0.000527. The van der Waals surface area contributed by atoms with E-state index in [4.69, 9.17) is 23.8 Å². The molecule has 1 saturated heterocycles. The van der Waals surface area contributed by atoms with Crippen LogP contribution in [0.1, 0.15) is 5.69 Å². The molecule has 0 saturated carbocycles. The minimum Gasteiger partial charge on any atom is -0.317 e. The first kappa shape index (κ1) is 18.2. The van der Waals surface area contributed by atoms with Crippen molar-refractivity contribution in [1.82, 2.24) is 9.88 Å². The summed E-state index contributed by atoms with van der Waals surface area (Å²) in [5, 5.41) is 3.16. The van der Waals surface area contributed by atoms with Crippen LogP contribution in [-0.2, 0) is 9.59 Å². The molecule has 138 valence electrons. The summed E-state index contributed by atoms with van der Waals surface area (Å²) in [7, 11) is 0. The zero-order valence-corrected chi connectivity index (χ0v) is 16.1. The number of nitrogens with zero attached hydrogens (tertiary/aromatic N) is 2. The van der Waals surface area contributed by atoms with Gasteiger partial charge in [-0.15, -0.1) is 0 Å². The number of para-hydroxylation sites is 1. The van der Waals surface area contributed by atoms with Crippen LogP contribution in [-0.4, -0.2) is 21.5 Å². The lowest BCUT2D eigenvalue weighted by Crippen LogP contribution is -2.54. The minimum atomic E-state index is -0.527. The molecule has 0 radical (unpaired) electrons. The van der Waals surface area contributed by atoms with Crippen molar-refractivity contribution in [3.63, 3.8) is 0 Å². The van der Waals surface area contributed by atoms with Gasteiger partial charge in [0.1, 0.15) is 5.57 Å². The van der Waals surface area contributed by atoms with Crippen LogP contribution in [0, 0.1) is 0 Å². The van der Waals surface area contributed by atoms with Crippen molar-refractivity contribution >= 4 is 52.5 Å². The summed E-state index contributed by atoms with van der Waals surface area (Å²) >= 11 is 11.1. The molecule has 2 aromatic carbocycles. The standard InChI is InChI=1S/C21H14ClN3O2S/c22-14-8-10-16(11-9-14)25-20(27)18(19(26)23-21(25)28)13-17-7-4-12-24(17)15-5-2-1-3-6-15/h1-13H,(H,23,26,28)/b18-13+. The maximum Gasteiger partial charge on any atom is 0.270 e. The van der Waals surface area contributed by atoms with Gasteiger partial charge < -0.3 is 4.57 Å². The number of rotatable bonds is 3. The Morgan fingerprint density at radius 1 is 0.893 bits per heavy atom. The van der Waals surface area contributed by atoms with Gasteiger partial charge >= 0.3 is 0 Å². The van der Waals surface area contributed by atoms with Crippen molar-refractivity contribution in [3.8, 4) is 5.69 Å². The van der Waals surface area contributed by atoms with Gasteiger partial charge in [-0.3, -0.25) is 19.8 Å². The highest BCUT2D eigenvalue weighted by atomic mass is 35.5. The third kappa shape index (κ3) is 3.35. The summed E-state index contributed by atoms with van der Waals surface area (Å²) in [5.74, 6) is -1.02. The molecular weight excluding hydrogens is 394 g/mol. The molecule has 1 aliphatic rings. The molecule has 2 amide bonds. The SMILES string of the molecule is O=C1NC(=S)N(c2ccc(Cl)cc2)C(=O)/C1=C/c1cccn1-c1ccccc1. The number of thiocarbonyl (C=S) groups is 1. The maximum absolute atomic E-state index is 13.1. The number of nitrogens with one attached hydrogen (secondary N) is 1. The molecule has 7 heteroatoms. The van der Waals surface area contributed by atoms with E-state index in [0.717, 1.165) is 5.69 Å². The van der Waals surface area contributed by atoms with Crippen LogP contribution in [0.3, 0.4) is 0 Å². The average molecular weight is 408 g/mol. The molecule has 1 fully saturated rings.